The van der Waals surface area contributed by atoms with E-state index >= 15 is 0 Å². The number of hydrogen-bond acceptors (Lipinski definition) is 3. The molecule has 0 aromatic carbocycles. The molecule has 0 aliphatic carbocycles. The summed E-state index contributed by atoms with van der Waals surface area (Å²) in [6.45, 7) is 8.36. The minimum absolute atomic E-state index is 0.0491. The van der Waals surface area contributed by atoms with Crippen molar-refractivity contribution >= 4 is 23.6 Å². The molecule has 0 aromatic heterocycles. The number of nitrogens with zero attached hydrogens (tertiary/aromatic N) is 1. The quantitative estimate of drug-likeness (QED) is 0.562. The Morgan fingerprint density at radius 1 is 1.44 bits per heavy atom. The summed E-state index contributed by atoms with van der Waals surface area (Å²) >= 11 is 1.72. The van der Waals surface area contributed by atoms with Crippen molar-refractivity contribution in [2.24, 2.45) is 0 Å². The van der Waals surface area contributed by atoms with Gasteiger partial charge in [-0.2, -0.15) is 11.8 Å². The van der Waals surface area contributed by atoms with Crippen molar-refractivity contribution in [3.8, 4) is 0 Å². The maximum Gasteiger partial charge on any atom is 0.248 e. The van der Waals surface area contributed by atoms with Crippen LogP contribution in [0, 0.1) is 0 Å². The van der Waals surface area contributed by atoms with Gasteiger partial charge in [-0.05, 0) is 12.8 Å². The monoisotopic (exact) mass is 270 g/mol. The molecule has 1 heterocycles. The number of piperazine rings is 1. The van der Waals surface area contributed by atoms with Gasteiger partial charge < -0.3 is 10.2 Å². The highest BCUT2D eigenvalue weighted by Crippen LogP contribution is 2.22. The van der Waals surface area contributed by atoms with Gasteiger partial charge in [0.25, 0.3) is 0 Å². The lowest BCUT2D eigenvalue weighted by atomic mass is 9.89. The summed E-state index contributed by atoms with van der Waals surface area (Å²) in [7, 11) is 0. The van der Waals surface area contributed by atoms with Crippen molar-refractivity contribution in [1.82, 2.24) is 10.2 Å². The first kappa shape index (κ1) is 15.1. The van der Waals surface area contributed by atoms with Gasteiger partial charge in [0.05, 0.1) is 6.54 Å². The van der Waals surface area contributed by atoms with E-state index < -0.39 is 5.54 Å². The summed E-state index contributed by atoms with van der Waals surface area (Å²) in [5.74, 6) is 1.73. The van der Waals surface area contributed by atoms with Gasteiger partial charge in [0, 0.05) is 18.1 Å². The Hall–Kier alpha value is -0.970. The highest BCUT2D eigenvalue weighted by atomic mass is 32.2. The molecule has 2 amide bonds. The Bertz CT molecular complexity index is 327. The van der Waals surface area contributed by atoms with Crippen LogP contribution in [-0.2, 0) is 9.59 Å². The minimum atomic E-state index is -0.682. The predicted octanol–water partition coefficient (Wildman–Crippen LogP) is 1.42. The van der Waals surface area contributed by atoms with Crippen LogP contribution in [0.15, 0.2) is 12.7 Å². The van der Waals surface area contributed by atoms with Gasteiger partial charge in [-0.15, -0.1) is 6.58 Å². The lowest BCUT2D eigenvalue weighted by Gasteiger charge is -2.41. The second kappa shape index (κ2) is 6.83. The van der Waals surface area contributed by atoms with Gasteiger partial charge in [0.15, 0.2) is 0 Å². The number of carbonyl (C=O) groups is 2. The highest BCUT2D eigenvalue weighted by molar-refractivity contribution is 7.99. The number of carbonyl (C=O) groups excluding carboxylic acids is 2. The van der Waals surface area contributed by atoms with Crippen LogP contribution in [0.3, 0.4) is 0 Å². The third-order valence-electron chi connectivity index (χ3n) is 3.36. The highest BCUT2D eigenvalue weighted by Gasteiger charge is 2.43. The molecule has 4 nitrogen and oxygen atoms in total. The van der Waals surface area contributed by atoms with Gasteiger partial charge in [-0.25, -0.2) is 0 Å². The van der Waals surface area contributed by atoms with Gasteiger partial charge in [0.2, 0.25) is 11.8 Å². The van der Waals surface area contributed by atoms with Crippen molar-refractivity contribution in [2.75, 3.05) is 24.6 Å². The molecule has 0 spiro atoms. The molecule has 5 heteroatoms. The average Bonchev–Trinajstić information content (AvgIpc) is 2.38. The molecule has 0 unspecified atom stereocenters. The van der Waals surface area contributed by atoms with Crippen LogP contribution in [0.5, 0.6) is 0 Å². The Labute approximate surface area is 113 Å². The van der Waals surface area contributed by atoms with Crippen LogP contribution >= 0.6 is 11.8 Å². The SMILES string of the molecule is C=CCSCCN1CC(=O)NC(CC)(CC)C1=O. The van der Waals surface area contributed by atoms with Crippen LogP contribution in [-0.4, -0.2) is 46.8 Å². The van der Waals surface area contributed by atoms with Gasteiger partial charge in [-0.1, -0.05) is 19.9 Å². The smallest absolute Gasteiger partial charge is 0.248 e. The fraction of sp³-hybridized carbons (Fsp3) is 0.692. The number of rotatable bonds is 7. The molecular formula is C13H22N2O2S. The lowest BCUT2D eigenvalue weighted by molar-refractivity contribution is -0.150. The second-order valence-corrected chi connectivity index (χ2v) is 5.58. The maximum atomic E-state index is 12.4. The fourth-order valence-electron chi connectivity index (χ4n) is 2.16. The first-order valence-electron chi connectivity index (χ1n) is 6.38. The van der Waals surface area contributed by atoms with Crippen molar-refractivity contribution in [1.29, 1.82) is 0 Å². The van der Waals surface area contributed by atoms with E-state index in [1.807, 2.05) is 19.9 Å². The van der Waals surface area contributed by atoms with Crippen molar-refractivity contribution in [2.45, 2.75) is 32.2 Å². The van der Waals surface area contributed by atoms with E-state index in [-0.39, 0.29) is 18.4 Å². The summed E-state index contributed by atoms with van der Waals surface area (Å²) in [4.78, 5) is 25.8. The molecule has 0 saturated carbocycles. The molecule has 0 radical (unpaired) electrons. The number of nitrogens with one attached hydrogen (secondary N) is 1. The number of hydrogen-bond donors (Lipinski definition) is 1. The van der Waals surface area contributed by atoms with Crippen LogP contribution in [0.4, 0.5) is 0 Å². The summed E-state index contributed by atoms with van der Waals surface area (Å²) in [5.41, 5.74) is -0.682. The third kappa shape index (κ3) is 3.28. The zero-order chi connectivity index (χ0) is 13.6. The summed E-state index contributed by atoms with van der Waals surface area (Å²) in [6.07, 6.45) is 3.13. The van der Waals surface area contributed by atoms with E-state index in [4.69, 9.17) is 0 Å². The first-order valence-corrected chi connectivity index (χ1v) is 7.54. The van der Waals surface area contributed by atoms with Crippen LogP contribution < -0.4 is 5.32 Å². The molecule has 1 rings (SSSR count). The largest absolute Gasteiger partial charge is 0.340 e. The van der Waals surface area contributed by atoms with E-state index in [1.165, 1.54) is 0 Å². The zero-order valence-electron chi connectivity index (χ0n) is 11.2. The average molecular weight is 270 g/mol. The minimum Gasteiger partial charge on any atom is -0.340 e. The molecule has 1 saturated heterocycles. The first-order chi connectivity index (χ1) is 8.59. The third-order valence-corrected chi connectivity index (χ3v) is 4.30. The molecule has 0 aromatic rings. The Morgan fingerprint density at radius 2 is 2.11 bits per heavy atom. The molecule has 1 N–H and O–H groups in total. The van der Waals surface area contributed by atoms with Gasteiger partial charge >= 0.3 is 0 Å². The maximum absolute atomic E-state index is 12.4. The van der Waals surface area contributed by atoms with Gasteiger partial charge in [0.1, 0.15) is 5.54 Å². The Kier molecular flexibility index (Phi) is 5.72. The molecule has 0 atom stereocenters. The molecule has 1 fully saturated rings. The normalized spacial score (nSPS) is 18.7. The van der Waals surface area contributed by atoms with Crippen LogP contribution in [0.1, 0.15) is 26.7 Å². The van der Waals surface area contributed by atoms with Crippen LogP contribution in [0.25, 0.3) is 0 Å². The van der Waals surface area contributed by atoms with Crippen molar-refractivity contribution in [3.63, 3.8) is 0 Å². The zero-order valence-corrected chi connectivity index (χ0v) is 12.0. The van der Waals surface area contributed by atoms with Crippen LogP contribution in [0.2, 0.25) is 0 Å². The molecular weight excluding hydrogens is 248 g/mol. The summed E-state index contributed by atoms with van der Waals surface area (Å²) in [5, 5.41) is 2.86. The topological polar surface area (TPSA) is 49.4 Å². The van der Waals surface area contributed by atoms with Crippen molar-refractivity contribution < 1.29 is 9.59 Å². The fourth-order valence-corrected chi connectivity index (χ4v) is 2.84. The van der Waals surface area contributed by atoms with Gasteiger partial charge in [-0.3, -0.25) is 9.59 Å². The van der Waals surface area contributed by atoms with E-state index in [0.717, 1.165) is 11.5 Å². The Balaban J connectivity index is 2.64. The Morgan fingerprint density at radius 3 is 2.67 bits per heavy atom. The second-order valence-electron chi connectivity index (χ2n) is 4.43. The number of amides is 2. The lowest BCUT2D eigenvalue weighted by Crippen LogP contribution is -2.66. The van der Waals surface area contributed by atoms with Crippen molar-refractivity contribution in [3.05, 3.63) is 12.7 Å². The molecule has 0 bridgehead atoms. The molecule has 1 aliphatic rings. The van der Waals surface area contributed by atoms with E-state index in [2.05, 4.69) is 11.9 Å². The summed E-state index contributed by atoms with van der Waals surface area (Å²) < 4.78 is 0. The summed E-state index contributed by atoms with van der Waals surface area (Å²) in [6, 6.07) is 0. The molecule has 18 heavy (non-hydrogen) atoms. The van der Waals surface area contributed by atoms with E-state index in [9.17, 15) is 9.59 Å². The standard InChI is InChI=1S/C13H22N2O2S/c1-4-8-18-9-7-15-10-11(16)14-13(5-2,6-3)12(15)17/h4H,1,5-10H2,2-3H3,(H,14,16). The molecule has 1 aliphatic heterocycles. The van der Waals surface area contributed by atoms with E-state index in [0.29, 0.717) is 19.4 Å². The number of thioether (sulfide) groups is 1. The molecule has 102 valence electrons. The van der Waals surface area contributed by atoms with E-state index in [1.54, 1.807) is 16.7 Å². The predicted molar refractivity (Wildman–Crippen MR) is 75.6 cm³/mol.